The van der Waals surface area contributed by atoms with Crippen molar-refractivity contribution in [3.05, 3.63) is 0 Å². The molecule has 2 aliphatic rings. The number of hydrogen-bond acceptors (Lipinski definition) is 3. The summed E-state index contributed by atoms with van der Waals surface area (Å²) < 4.78 is 5.18. The van der Waals surface area contributed by atoms with Crippen molar-refractivity contribution in [2.45, 2.75) is 31.7 Å². The van der Waals surface area contributed by atoms with Crippen molar-refractivity contribution < 1.29 is 9.53 Å². The Morgan fingerprint density at radius 3 is 2.94 bits per heavy atom. The molecule has 4 nitrogen and oxygen atoms in total. The predicted octanol–water partition coefficient (Wildman–Crippen LogP) is 0.623. The molecule has 0 bridgehead atoms. The van der Waals surface area contributed by atoms with Crippen LogP contribution in [0.25, 0.3) is 0 Å². The van der Waals surface area contributed by atoms with E-state index < -0.39 is 0 Å². The number of methoxy groups -OCH3 is 1. The smallest absolute Gasteiger partial charge is 0.234 e. The van der Waals surface area contributed by atoms with E-state index in [0.717, 1.165) is 32.5 Å². The van der Waals surface area contributed by atoms with Gasteiger partial charge in [-0.25, -0.2) is 0 Å². The lowest BCUT2D eigenvalue weighted by molar-refractivity contribution is -0.122. The van der Waals surface area contributed by atoms with E-state index in [1.807, 2.05) is 0 Å². The minimum absolute atomic E-state index is 0.195. The number of amides is 1. The monoisotopic (exact) mass is 226 g/mol. The van der Waals surface area contributed by atoms with Crippen LogP contribution in [0.1, 0.15) is 25.7 Å². The number of ether oxygens (including phenoxy) is 1. The SMILES string of the molecule is COC[C@@H]1CCCN(CC(=O)NC2CC2)C1. The number of carbonyl (C=O) groups excluding carboxylic acids is 1. The van der Waals surface area contributed by atoms with Gasteiger partial charge in [-0.2, -0.15) is 0 Å². The molecule has 2 rings (SSSR count). The van der Waals surface area contributed by atoms with E-state index in [1.165, 1.54) is 12.8 Å². The Hall–Kier alpha value is -0.610. The lowest BCUT2D eigenvalue weighted by atomic mass is 9.99. The zero-order valence-corrected chi connectivity index (χ0v) is 10.1. The van der Waals surface area contributed by atoms with Gasteiger partial charge >= 0.3 is 0 Å². The molecule has 2 fully saturated rings. The number of likely N-dealkylation sites (tertiary alicyclic amines) is 1. The minimum atomic E-state index is 0.195. The van der Waals surface area contributed by atoms with Gasteiger partial charge in [0, 0.05) is 19.7 Å². The van der Waals surface area contributed by atoms with E-state index >= 15 is 0 Å². The van der Waals surface area contributed by atoms with Crippen LogP contribution in [0.15, 0.2) is 0 Å². The van der Waals surface area contributed by atoms with Gasteiger partial charge in [0.1, 0.15) is 0 Å². The molecular formula is C12H22N2O2. The fraction of sp³-hybridized carbons (Fsp3) is 0.917. The Morgan fingerprint density at radius 1 is 1.44 bits per heavy atom. The highest BCUT2D eigenvalue weighted by atomic mass is 16.5. The summed E-state index contributed by atoms with van der Waals surface area (Å²) >= 11 is 0. The second-order valence-electron chi connectivity index (χ2n) is 5.04. The van der Waals surface area contributed by atoms with Crippen molar-refractivity contribution in [3.63, 3.8) is 0 Å². The quantitative estimate of drug-likeness (QED) is 0.747. The second kappa shape index (κ2) is 5.64. The summed E-state index contributed by atoms with van der Waals surface area (Å²) in [5, 5.41) is 3.04. The highest BCUT2D eigenvalue weighted by molar-refractivity contribution is 5.78. The molecule has 1 heterocycles. The van der Waals surface area contributed by atoms with Gasteiger partial charge in [-0.05, 0) is 38.1 Å². The van der Waals surface area contributed by atoms with Crippen molar-refractivity contribution in [3.8, 4) is 0 Å². The van der Waals surface area contributed by atoms with Gasteiger partial charge in [-0.1, -0.05) is 0 Å². The molecule has 1 amide bonds. The largest absolute Gasteiger partial charge is 0.384 e. The molecule has 1 aliphatic heterocycles. The van der Waals surface area contributed by atoms with Crippen LogP contribution in [0.4, 0.5) is 0 Å². The van der Waals surface area contributed by atoms with E-state index in [0.29, 0.717) is 18.5 Å². The van der Waals surface area contributed by atoms with Gasteiger partial charge in [-0.15, -0.1) is 0 Å². The summed E-state index contributed by atoms with van der Waals surface area (Å²) in [7, 11) is 1.75. The van der Waals surface area contributed by atoms with Crippen LogP contribution in [-0.2, 0) is 9.53 Å². The molecule has 0 spiro atoms. The standard InChI is InChI=1S/C12H22N2O2/c1-16-9-10-3-2-6-14(7-10)8-12(15)13-11-4-5-11/h10-11H,2-9H2,1H3,(H,13,15)/t10-/m1/s1. The molecule has 16 heavy (non-hydrogen) atoms. The number of nitrogens with zero attached hydrogens (tertiary/aromatic N) is 1. The van der Waals surface area contributed by atoms with Crippen molar-refractivity contribution in [1.29, 1.82) is 0 Å². The fourth-order valence-electron chi connectivity index (χ4n) is 2.37. The maximum atomic E-state index is 11.6. The van der Waals surface area contributed by atoms with Crippen LogP contribution in [-0.4, -0.2) is 50.2 Å². The fourth-order valence-corrected chi connectivity index (χ4v) is 2.37. The molecular weight excluding hydrogens is 204 g/mol. The van der Waals surface area contributed by atoms with Gasteiger partial charge in [0.25, 0.3) is 0 Å². The van der Waals surface area contributed by atoms with Crippen molar-refractivity contribution in [2.24, 2.45) is 5.92 Å². The van der Waals surface area contributed by atoms with Crippen molar-refractivity contribution >= 4 is 5.91 Å². The number of rotatable bonds is 5. The first kappa shape index (κ1) is 11.9. The highest BCUT2D eigenvalue weighted by Crippen LogP contribution is 2.19. The van der Waals surface area contributed by atoms with E-state index in [-0.39, 0.29) is 5.91 Å². The van der Waals surface area contributed by atoms with E-state index in [9.17, 15) is 4.79 Å². The van der Waals surface area contributed by atoms with Gasteiger partial charge in [0.2, 0.25) is 5.91 Å². The third-order valence-corrected chi connectivity index (χ3v) is 3.32. The Labute approximate surface area is 97.3 Å². The lowest BCUT2D eigenvalue weighted by Crippen LogP contribution is -2.43. The first-order valence-electron chi connectivity index (χ1n) is 6.28. The summed E-state index contributed by atoms with van der Waals surface area (Å²) in [5.41, 5.74) is 0. The predicted molar refractivity (Wildman–Crippen MR) is 62.2 cm³/mol. The van der Waals surface area contributed by atoms with Gasteiger partial charge in [-0.3, -0.25) is 9.69 Å². The first-order valence-corrected chi connectivity index (χ1v) is 6.28. The zero-order valence-electron chi connectivity index (χ0n) is 10.1. The third kappa shape index (κ3) is 3.76. The number of nitrogens with one attached hydrogen (secondary N) is 1. The van der Waals surface area contributed by atoms with E-state index in [1.54, 1.807) is 7.11 Å². The zero-order chi connectivity index (χ0) is 11.4. The Kier molecular flexibility index (Phi) is 4.18. The molecule has 1 aliphatic carbocycles. The van der Waals surface area contributed by atoms with Crippen LogP contribution in [0.2, 0.25) is 0 Å². The van der Waals surface area contributed by atoms with Crippen LogP contribution in [0.3, 0.4) is 0 Å². The summed E-state index contributed by atoms with van der Waals surface area (Å²) in [5.74, 6) is 0.799. The number of hydrogen-bond donors (Lipinski definition) is 1. The minimum Gasteiger partial charge on any atom is -0.384 e. The Morgan fingerprint density at radius 2 is 2.25 bits per heavy atom. The van der Waals surface area contributed by atoms with Crippen molar-refractivity contribution in [1.82, 2.24) is 10.2 Å². The highest BCUT2D eigenvalue weighted by Gasteiger charge is 2.26. The topological polar surface area (TPSA) is 41.6 Å². The summed E-state index contributed by atoms with van der Waals surface area (Å²) in [4.78, 5) is 13.9. The molecule has 0 aromatic carbocycles. The molecule has 1 saturated carbocycles. The molecule has 4 heteroatoms. The lowest BCUT2D eigenvalue weighted by Gasteiger charge is -2.31. The molecule has 0 radical (unpaired) electrons. The molecule has 1 N–H and O–H groups in total. The Bertz CT molecular complexity index is 239. The third-order valence-electron chi connectivity index (χ3n) is 3.32. The van der Waals surface area contributed by atoms with E-state index in [2.05, 4.69) is 10.2 Å². The Balaban J connectivity index is 1.69. The van der Waals surface area contributed by atoms with Gasteiger partial charge in [0.15, 0.2) is 0 Å². The van der Waals surface area contributed by atoms with Crippen molar-refractivity contribution in [2.75, 3.05) is 33.4 Å². The summed E-state index contributed by atoms with van der Waals surface area (Å²) in [6.07, 6.45) is 4.75. The van der Waals surface area contributed by atoms with Gasteiger partial charge in [0.05, 0.1) is 13.2 Å². The normalized spacial score (nSPS) is 26.7. The maximum Gasteiger partial charge on any atom is 0.234 e. The molecule has 1 saturated heterocycles. The second-order valence-corrected chi connectivity index (χ2v) is 5.04. The molecule has 0 unspecified atom stereocenters. The van der Waals surface area contributed by atoms with E-state index in [4.69, 9.17) is 4.74 Å². The van der Waals surface area contributed by atoms with Crippen LogP contribution >= 0.6 is 0 Å². The summed E-state index contributed by atoms with van der Waals surface area (Å²) in [6.45, 7) is 3.45. The molecule has 1 atom stereocenters. The van der Waals surface area contributed by atoms with Crippen LogP contribution in [0.5, 0.6) is 0 Å². The summed E-state index contributed by atoms with van der Waals surface area (Å²) in [6, 6.07) is 0.479. The van der Waals surface area contributed by atoms with Crippen LogP contribution in [0, 0.1) is 5.92 Å². The van der Waals surface area contributed by atoms with Gasteiger partial charge < -0.3 is 10.1 Å². The maximum absolute atomic E-state index is 11.6. The number of carbonyl (C=O) groups is 1. The average molecular weight is 226 g/mol. The average Bonchev–Trinajstić information content (AvgIpc) is 3.02. The number of piperidine rings is 1. The molecule has 0 aromatic heterocycles. The van der Waals surface area contributed by atoms with Crippen LogP contribution < -0.4 is 5.32 Å². The first-order chi connectivity index (χ1) is 7.78. The molecule has 92 valence electrons. The molecule has 0 aromatic rings.